The van der Waals surface area contributed by atoms with Gasteiger partial charge in [0.2, 0.25) is 0 Å². The molecule has 0 radical (unpaired) electrons. The van der Waals surface area contributed by atoms with E-state index in [1.165, 1.54) is 49.7 Å². The Morgan fingerprint density at radius 2 is 1.51 bits per heavy atom. The van der Waals surface area contributed by atoms with E-state index in [-0.39, 0.29) is 6.04 Å². The fourth-order valence-corrected chi connectivity index (χ4v) is 5.67. The number of para-hydroxylation sites is 3. The smallest absolute Gasteiger partial charge is 0.134 e. The Labute approximate surface area is 204 Å². The summed E-state index contributed by atoms with van der Waals surface area (Å²) in [6.45, 7) is 2.17. The van der Waals surface area contributed by atoms with E-state index in [1.807, 2.05) is 0 Å². The van der Waals surface area contributed by atoms with Crippen LogP contribution in [0.1, 0.15) is 36.3 Å². The van der Waals surface area contributed by atoms with Gasteiger partial charge in [-0.2, -0.15) is 0 Å². The Morgan fingerprint density at radius 3 is 2.40 bits per heavy atom. The maximum atomic E-state index is 6.36. The lowest BCUT2D eigenvalue weighted by atomic mass is 9.92. The van der Waals surface area contributed by atoms with Gasteiger partial charge in [0.05, 0.1) is 17.1 Å². The van der Waals surface area contributed by atoms with Gasteiger partial charge < -0.3 is 14.3 Å². The van der Waals surface area contributed by atoms with Crippen LogP contribution in [0.3, 0.4) is 0 Å². The lowest BCUT2D eigenvalue weighted by Gasteiger charge is -2.24. The molecule has 0 amide bonds. The predicted molar refractivity (Wildman–Crippen MR) is 144 cm³/mol. The number of nitrogens with zero attached hydrogens (tertiary/aromatic N) is 1. The molecule has 1 unspecified atom stereocenters. The molecule has 2 aromatic heterocycles. The third-order valence-electron chi connectivity index (χ3n) is 7.24. The number of fused-ring (bicyclic) bond motifs is 6. The van der Waals surface area contributed by atoms with Crippen molar-refractivity contribution in [3.8, 4) is 5.69 Å². The fraction of sp³-hybridized carbons (Fsp3) is 0.125. The Hall–Kier alpha value is -4.24. The van der Waals surface area contributed by atoms with Crippen molar-refractivity contribution < 1.29 is 4.42 Å². The van der Waals surface area contributed by atoms with Gasteiger partial charge in [0.1, 0.15) is 11.3 Å². The molecule has 7 rings (SSSR count). The third kappa shape index (κ3) is 3.19. The molecule has 1 aliphatic rings. The molecule has 4 aromatic carbocycles. The molecule has 1 atom stereocenters. The van der Waals surface area contributed by atoms with Gasteiger partial charge >= 0.3 is 0 Å². The Morgan fingerprint density at radius 1 is 0.771 bits per heavy atom. The average molecular weight is 455 g/mol. The summed E-state index contributed by atoms with van der Waals surface area (Å²) in [5.41, 5.74) is 8.30. The van der Waals surface area contributed by atoms with Crippen LogP contribution < -0.4 is 5.32 Å². The van der Waals surface area contributed by atoms with Gasteiger partial charge in [-0.1, -0.05) is 66.7 Å². The van der Waals surface area contributed by atoms with Crippen LogP contribution in [0, 0.1) is 0 Å². The minimum Gasteiger partial charge on any atom is -0.461 e. The average Bonchev–Trinajstić information content (AvgIpc) is 3.41. The number of aromatic nitrogens is 1. The topological polar surface area (TPSA) is 30.1 Å². The molecule has 1 aliphatic heterocycles. The number of allylic oxidation sites excluding steroid dienone is 2. The van der Waals surface area contributed by atoms with Gasteiger partial charge in [-0.25, -0.2) is 0 Å². The summed E-state index contributed by atoms with van der Waals surface area (Å²) in [7, 11) is 0. The van der Waals surface area contributed by atoms with E-state index in [2.05, 4.69) is 120 Å². The standard InChI is InChI=1S/C32H26N2O/c1-21-10-9-17-30-31(25-14-6-8-16-29(25)35-30)32(33-21)22-18-19-28-26(20-22)24-13-5-7-15-27(24)34(28)23-11-3-2-4-12-23/h2-8,10-16,18-20,32-33H,9,17H2,1H3/b21-10+. The summed E-state index contributed by atoms with van der Waals surface area (Å²) < 4.78 is 8.72. The van der Waals surface area contributed by atoms with Crippen LogP contribution in [0.4, 0.5) is 0 Å². The minimum absolute atomic E-state index is 0.0217. The van der Waals surface area contributed by atoms with E-state index in [0.29, 0.717) is 0 Å². The second kappa shape index (κ2) is 7.92. The first-order chi connectivity index (χ1) is 17.3. The molecule has 0 fully saturated rings. The molecule has 6 aromatic rings. The highest BCUT2D eigenvalue weighted by Gasteiger charge is 2.26. The highest BCUT2D eigenvalue weighted by Crippen LogP contribution is 2.39. The monoisotopic (exact) mass is 454 g/mol. The molecule has 170 valence electrons. The first-order valence-electron chi connectivity index (χ1n) is 12.3. The molecule has 0 saturated carbocycles. The summed E-state index contributed by atoms with van der Waals surface area (Å²) >= 11 is 0. The van der Waals surface area contributed by atoms with Crippen LogP contribution >= 0.6 is 0 Å². The lowest BCUT2D eigenvalue weighted by Crippen LogP contribution is -2.22. The van der Waals surface area contributed by atoms with Crippen molar-refractivity contribution in [2.45, 2.75) is 25.8 Å². The highest BCUT2D eigenvalue weighted by molar-refractivity contribution is 6.09. The molecule has 3 heterocycles. The molecule has 0 spiro atoms. The van der Waals surface area contributed by atoms with E-state index < -0.39 is 0 Å². The normalized spacial score (nSPS) is 17.5. The first kappa shape index (κ1) is 20.2. The number of hydrogen-bond acceptors (Lipinski definition) is 2. The molecular weight excluding hydrogens is 428 g/mol. The van der Waals surface area contributed by atoms with E-state index in [4.69, 9.17) is 4.42 Å². The number of aryl methyl sites for hydroxylation is 1. The highest BCUT2D eigenvalue weighted by atomic mass is 16.3. The van der Waals surface area contributed by atoms with Crippen molar-refractivity contribution in [2.24, 2.45) is 0 Å². The molecule has 3 nitrogen and oxygen atoms in total. The van der Waals surface area contributed by atoms with E-state index in [0.717, 1.165) is 24.2 Å². The first-order valence-corrected chi connectivity index (χ1v) is 12.3. The molecule has 3 heteroatoms. The Bertz CT molecular complexity index is 1740. The summed E-state index contributed by atoms with van der Waals surface area (Å²) in [5.74, 6) is 1.08. The summed E-state index contributed by atoms with van der Waals surface area (Å²) in [5, 5.41) is 7.54. The summed E-state index contributed by atoms with van der Waals surface area (Å²) in [4.78, 5) is 0. The van der Waals surface area contributed by atoms with Crippen molar-refractivity contribution in [2.75, 3.05) is 0 Å². The van der Waals surface area contributed by atoms with E-state index >= 15 is 0 Å². The Balaban J connectivity index is 1.49. The largest absolute Gasteiger partial charge is 0.461 e. The molecule has 1 N–H and O–H groups in total. The van der Waals surface area contributed by atoms with Gasteiger partial charge in [0.15, 0.2) is 0 Å². The molecular formula is C32H26N2O. The zero-order valence-corrected chi connectivity index (χ0v) is 19.7. The number of benzene rings is 4. The fourth-order valence-electron chi connectivity index (χ4n) is 5.67. The molecule has 0 aliphatic carbocycles. The van der Waals surface area contributed by atoms with Crippen molar-refractivity contribution in [1.29, 1.82) is 0 Å². The van der Waals surface area contributed by atoms with Crippen LogP contribution in [-0.4, -0.2) is 4.57 Å². The number of rotatable bonds is 2. The van der Waals surface area contributed by atoms with Crippen LogP contribution in [0.2, 0.25) is 0 Å². The molecule has 0 saturated heterocycles. The van der Waals surface area contributed by atoms with Crippen LogP contribution in [0.25, 0.3) is 38.5 Å². The zero-order valence-electron chi connectivity index (χ0n) is 19.7. The lowest BCUT2D eigenvalue weighted by molar-refractivity contribution is 0.526. The second-order valence-electron chi connectivity index (χ2n) is 9.40. The van der Waals surface area contributed by atoms with Gasteiger partial charge in [-0.05, 0) is 55.3 Å². The third-order valence-corrected chi connectivity index (χ3v) is 7.24. The van der Waals surface area contributed by atoms with Crippen LogP contribution in [-0.2, 0) is 6.42 Å². The zero-order chi connectivity index (χ0) is 23.4. The minimum atomic E-state index is 0.0217. The van der Waals surface area contributed by atoms with Crippen LogP contribution in [0.15, 0.2) is 113 Å². The second-order valence-corrected chi connectivity index (χ2v) is 9.40. The van der Waals surface area contributed by atoms with Gasteiger partial charge in [-0.3, -0.25) is 0 Å². The van der Waals surface area contributed by atoms with Crippen molar-refractivity contribution in [3.05, 3.63) is 126 Å². The summed E-state index contributed by atoms with van der Waals surface area (Å²) in [6, 6.07) is 34.7. The predicted octanol–water partition coefficient (Wildman–Crippen LogP) is 8.06. The van der Waals surface area contributed by atoms with Gasteiger partial charge in [0, 0.05) is 39.5 Å². The summed E-state index contributed by atoms with van der Waals surface area (Å²) in [6.07, 6.45) is 4.17. The maximum Gasteiger partial charge on any atom is 0.134 e. The van der Waals surface area contributed by atoms with E-state index in [9.17, 15) is 0 Å². The van der Waals surface area contributed by atoms with Gasteiger partial charge in [-0.15, -0.1) is 0 Å². The van der Waals surface area contributed by atoms with Crippen LogP contribution in [0.5, 0.6) is 0 Å². The van der Waals surface area contributed by atoms with Crippen molar-refractivity contribution >= 4 is 32.8 Å². The number of furan rings is 1. The van der Waals surface area contributed by atoms with E-state index in [1.54, 1.807) is 0 Å². The SMILES string of the molecule is C/C1=C\CCc2oc3ccccc3c2C(c2ccc3c(c2)c2ccccc2n3-c2ccccc2)N1. The van der Waals surface area contributed by atoms with Crippen molar-refractivity contribution in [1.82, 2.24) is 9.88 Å². The number of nitrogens with one attached hydrogen (secondary N) is 1. The molecule has 35 heavy (non-hydrogen) atoms. The van der Waals surface area contributed by atoms with Crippen molar-refractivity contribution in [3.63, 3.8) is 0 Å². The Kier molecular flexibility index (Phi) is 4.56. The van der Waals surface area contributed by atoms with Gasteiger partial charge in [0.25, 0.3) is 0 Å². The number of hydrogen-bond donors (Lipinski definition) is 1. The molecule has 0 bridgehead atoms. The maximum absolute atomic E-state index is 6.36. The quantitative estimate of drug-likeness (QED) is 0.287.